The Balaban J connectivity index is 1.89. The molecule has 1 heterocycles. The van der Waals surface area contributed by atoms with E-state index in [1.807, 2.05) is 57.2 Å². The van der Waals surface area contributed by atoms with E-state index >= 15 is 0 Å². The first-order chi connectivity index (χ1) is 12.4. The number of hydrogen-bond acceptors (Lipinski definition) is 3. The molecule has 136 valence electrons. The van der Waals surface area contributed by atoms with Crippen molar-refractivity contribution in [1.82, 2.24) is 0 Å². The molecule has 0 aliphatic carbocycles. The summed E-state index contributed by atoms with van der Waals surface area (Å²) in [4.78, 5) is 26.4. The molecule has 1 aliphatic rings. The van der Waals surface area contributed by atoms with Gasteiger partial charge in [0.1, 0.15) is 0 Å². The van der Waals surface area contributed by atoms with Gasteiger partial charge in [0.25, 0.3) is 5.91 Å². The summed E-state index contributed by atoms with van der Waals surface area (Å²) < 4.78 is 5.59. The number of hydrogen-bond donors (Lipinski definition) is 1. The third kappa shape index (κ3) is 3.43. The van der Waals surface area contributed by atoms with Gasteiger partial charge in [0, 0.05) is 7.05 Å². The average Bonchev–Trinajstić information content (AvgIpc) is 2.60. The smallest absolute Gasteiger partial charge is 0.264 e. The lowest BCUT2D eigenvalue weighted by Crippen LogP contribution is -2.36. The van der Waals surface area contributed by atoms with Crippen LogP contribution in [0.5, 0.6) is 5.75 Å². The lowest BCUT2D eigenvalue weighted by atomic mass is 9.87. The molecule has 2 aromatic rings. The molecule has 5 heteroatoms. The third-order valence-electron chi connectivity index (χ3n) is 4.71. The first-order valence-electron chi connectivity index (χ1n) is 8.78. The van der Waals surface area contributed by atoms with Gasteiger partial charge >= 0.3 is 0 Å². The number of aryl methyl sites for hydroxylation is 1. The highest BCUT2D eigenvalue weighted by Gasteiger charge is 2.28. The first kappa shape index (κ1) is 18.0. The zero-order valence-electron chi connectivity index (χ0n) is 15.6. The third-order valence-corrected chi connectivity index (χ3v) is 4.71. The molecule has 0 spiro atoms. The Morgan fingerprint density at radius 2 is 1.85 bits per heavy atom. The van der Waals surface area contributed by atoms with Crippen LogP contribution in [0.1, 0.15) is 30.9 Å². The number of fused-ring (bicyclic) bond motifs is 1. The highest BCUT2D eigenvalue weighted by Crippen LogP contribution is 2.39. The van der Waals surface area contributed by atoms with Gasteiger partial charge < -0.3 is 15.0 Å². The minimum atomic E-state index is -0.269. The maximum Gasteiger partial charge on any atom is 0.264 e. The van der Waals surface area contributed by atoms with Crippen LogP contribution in [0.25, 0.3) is 0 Å². The maximum atomic E-state index is 13.0. The van der Waals surface area contributed by atoms with Gasteiger partial charge in [-0.05, 0) is 30.5 Å². The normalized spacial score (nSPS) is 14.7. The number of likely N-dealkylation sites (N-methyl/N-ethyl adjacent to an activating group) is 1. The Kier molecular flexibility index (Phi) is 4.98. The van der Waals surface area contributed by atoms with Gasteiger partial charge in [-0.25, -0.2) is 0 Å². The minimum Gasteiger partial charge on any atom is -0.479 e. The molecule has 1 N–H and O–H groups in total. The van der Waals surface area contributed by atoms with E-state index in [0.29, 0.717) is 17.1 Å². The quantitative estimate of drug-likeness (QED) is 0.912. The topological polar surface area (TPSA) is 58.6 Å². The number of para-hydroxylation sites is 1. The largest absolute Gasteiger partial charge is 0.479 e. The molecular formula is C21H24N2O3. The second-order valence-electron chi connectivity index (χ2n) is 7.02. The van der Waals surface area contributed by atoms with Gasteiger partial charge in [-0.2, -0.15) is 0 Å². The van der Waals surface area contributed by atoms with Crippen molar-refractivity contribution in [3.05, 3.63) is 53.6 Å². The first-order valence-corrected chi connectivity index (χ1v) is 8.78. The molecule has 3 rings (SSSR count). The second kappa shape index (κ2) is 7.20. The van der Waals surface area contributed by atoms with E-state index in [-0.39, 0.29) is 30.3 Å². The summed E-state index contributed by atoms with van der Waals surface area (Å²) in [5.74, 6) is 0.215. The van der Waals surface area contributed by atoms with Crippen molar-refractivity contribution in [1.29, 1.82) is 0 Å². The molecule has 1 aliphatic heterocycles. The number of carbonyl (C=O) groups excluding carboxylic acids is 2. The van der Waals surface area contributed by atoms with Crippen LogP contribution in [-0.2, 0) is 9.59 Å². The molecule has 0 saturated carbocycles. The van der Waals surface area contributed by atoms with Gasteiger partial charge in [0.2, 0.25) is 5.91 Å². The van der Waals surface area contributed by atoms with Gasteiger partial charge in [-0.1, -0.05) is 49.7 Å². The van der Waals surface area contributed by atoms with Crippen LogP contribution >= 0.6 is 0 Å². The molecule has 5 nitrogen and oxygen atoms in total. The standard InChI is InChI=1S/C21H24N2O3/c1-13(2)19(15-10-8-14(3)9-11-15)21(25)22-16-6-5-7-17-20(16)26-12-18(24)23(17)4/h5-11,13,19H,12H2,1-4H3,(H,22,25). The minimum absolute atomic E-state index is 0.0258. The second-order valence-corrected chi connectivity index (χ2v) is 7.02. The van der Waals surface area contributed by atoms with Crippen LogP contribution in [0.15, 0.2) is 42.5 Å². The van der Waals surface area contributed by atoms with Crippen molar-refractivity contribution >= 4 is 23.2 Å². The summed E-state index contributed by atoms with van der Waals surface area (Å²) in [6, 6.07) is 13.5. The molecule has 2 amide bonds. The molecule has 1 atom stereocenters. The predicted octanol–water partition coefficient (Wildman–Crippen LogP) is 3.73. The Hall–Kier alpha value is -2.82. The van der Waals surface area contributed by atoms with Crippen molar-refractivity contribution in [3.63, 3.8) is 0 Å². The van der Waals surface area contributed by atoms with E-state index in [1.54, 1.807) is 18.0 Å². The fraction of sp³-hybridized carbons (Fsp3) is 0.333. The summed E-state index contributed by atoms with van der Waals surface area (Å²) in [5, 5.41) is 3.00. The van der Waals surface area contributed by atoms with Gasteiger partial charge in [-0.3, -0.25) is 9.59 Å². The van der Waals surface area contributed by atoms with E-state index in [9.17, 15) is 9.59 Å². The summed E-state index contributed by atoms with van der Waals surface area (Å²) in [7, 11) is 1.71. The molecule has 0 saturated heterocycles. The molecule has 0 bridgehead atoms. The van der Waals surface area contributed by atoms with Crippen molar-refractivity contribution in [2.75, 3.05) is 23.9 Å². The Bertz CT molecular complexity index is 828. The monoisotopic (exact) mass is 352 g/mol. The maximum absolute atomic E-state index is 13.0. The summed E-state index contributed by atoms with van der Waals surface area (Å²) in [6.45, 7) is 6.07. The zero-order chi connectivity index (χ0) is 18.8. The van der Waals surface area contributed by atoms with Gasteiger partial charge in [-0.15, -0.1) is 0 Å². The molecule has 1 unspecified atom stereocenters. The van der Waals surface area contributed by atoms with Gasteiger partial charge in [0.15, 0.2) is 12.4 Å². The van der Waals surface area contributed by atoms with Crippen molar-refractivity contribution in [2.24, 2.45) is 5.92 Å². The Morgan fingerprint density at radius 3 is 2.50 bits per heavy atom. The van der Waals surface area contributed by atoms with Crippen LogP contribution in [0, 0.1) is 12.8 Å². The summed E-state index contributed by atoms with van der Waals surface area (Å²) >= 11 is 0. The van der Waals surface area contributed by atoms with E-state index in [1.165, 1.54) is 0 Å². The van der Waals surface area contributed by atoms with Crippen molar-refractivity contribution in [3.8, 4) is 5.75 Å². The Labute approximate surface area is 154 Å². The van der Waals surface area contributed by atoms with Crippen molar-refractivity contribution in [2.45, 2.75) is 26.7 Å². The van der Waals surface area contributed by atoms with E-state index < -0.39 is 0 Å². The highest BCUT2D eigenvalue weighted by atomic mass is 16.5. The van der Waals surface area contributed by atoms with E-state index in [0.717, 1.165) is 11.1 Å². The fourth-order valence-corrected chi connectivity index (χ4v) is 3.23. The number of nitrogens with one attached hydrogen (secondary N) is 1. The molecule has 0 radical (unpaired) electrons. The van der Waals surface area contributed by atoms with Crippen LogP contribution in [-0.4, -0.2) is 25.5 Å². The number of ether oxygens (including phenoxy) is 1. The van der Waals surface area contributed by atoms with Crippen LogP contribution in [0.3, 0.4) is 0 Å². The number of benzene rings is 2. The van der Waals surface area contributed by atoms with Crippen molar-refractivity contribution < 1.29 is 14.3 Å². The number of anilines is 2. The molecule has 0 fully saturated rings. The molecule has 26 heavy (non-hydrogen) atoms. The van der Waals surface area contributed by atoms with Crippen LogP contribution in [0.2, 0.25) is 0 Å². The number of nitrogens with zero attached hydrogens (tertiary/aromatic N) is 1. The average molecular weight is 352 g/mol. The number of rotatable bonds is 4. The molecule has 2 aromatic carbocycles. The van der Waals surface area contributed by atoms with Gasteiger partial charge in [0.05, 0.1) is 17.3 Å². The summed E-state index contributed by atoms with van der Waals surface area (Å²) in [6.07, 6.45) is 0. The molecule has 0 aromatic heterocycles. The number of amides is 2. The lowest BCUT2D eigenvalue weighted by molar-refractivity contribution is -0.121. The number of carbonyl (C=O) groups is 2. The molecular weight excluding hydrogens is 328 g/mol. The summed E-state index contributed by atoms with van der Waals surface area (Å²) in [5.41, 5.74) is 3.40. The van der Waals surface area contributed by atoms with Crippen LogP contribution < -0.4 is 15.0 Å². The SMILES string of the molecule is Cc1ccc(C(C(=O)Nc2cccc3c2OCC(=O)N3C)C(C)C)cc1. The van der Waals surface area contributed by atoms with E-state index in [4.69, 9.17) is 4.74 Å². The van der Waals surface area contributed by atoms with Crippen LogP contribution in [0.4, 0.5) is 11.4 Å². The zero-order valence-corrected chi connectivity index (χ0v) is 15.6. The predicted molar refractivity (Wildman–Crippen MR) is 103 cm³/mol. The fourth-order valence-electron chi connectivity index (χ4n) is 3.23. The Morgan fingerprint density at radius 1 is 1.15 bits per heavy atom. The lowest BCUT2D eigenvalue weighted by Gasteiger charge is -2.28. The highest BCUT2D eigenvalue weighted by molar-refractivity contribution is 6.02. The van der Waals surface area contributed by atoms with E-state index in [2.05, 4.69) is 5.32 Å².